The summed E-state index contributed by atoms with van der Waals surface area (Å²) in [4.78, 5) is 23.0. The number of carboxylic acid groups (broad SMARTS) is 1. The molecule has 1 atom stereocenters. The van der Waals surface area contributed by atoms with Gasteiger partial charge in [0.25, 0.3) is 0 Å². The monoisotopic (exact) mass is 314 g/mol. The first-order valence-electron chi connectivity index (χ1n) is 6.43. The predicted molar refractivity (Wildman–Crippen MR) is 81.0 cm³/mol. The average molecular weight is 315 g/mol. The molecule has 0 saturated heterocycles. The van der Waals surface area contributed by atoms with E-state index in [0.717, 1.165) is 0 Å². The highest BCUT2D eigenvalue weighted by Crippen LogP contribution is 2.31. The lowest BCUT2D eigenvalue weighted by Crippen LogP contribution is -2.36. The highest BCUT2D eigenvalue weighted by Gasteiger charge is 2.19. The Hall–Kier alpha value is -1.79. The smallest absolute Gasteiger partial charge is 0.339 e. The number of aromatic carboxylic acids is 1. The van der Waals surface area contributed by atoms with Gasteiger partial charge in [-0.15, -0.1) is 0 Å². The van der Waals surface area contributed by atoms with E-state index in [0.29, 0.717) is 6.42 Å². The second-order valence-corrected chi connectivity index (χ2v) is 5.47. The molecule has 0 fully saturated rings. The Morgan fingerprint density at radius 1 is 1.43 bits per heavy atom. The molecule has 0 aliphatic carbocycles. The van der Waals surface area contributed by atoms with Crippen LogP contribution in [-0.2, 0) is 4.79 Å². The molecule has 0 saturated carbocycles. The highest BCUT2D eigenvalue weighted by atomic mass is 35.5. The zero-order valence-corrected chi connectivity index (χ0v) is 12.9. The van der Waals surface area contributed by atoms with E-state index < -0.39 is 12.0 Å². The first-order valence-corrected chi connectivity index (χ1v) is 6.81. The minimum atomic E-state index is -1.16. The molecule has 4 N–H and O–H groups in total. The van der Waals surface area contributed by atoms with Crippen molar-refractivity contribution in [2.75, 3.05) is 12.4 Å². The van der Waals surface area contributed by atoms with Gasteiger partial charge in [0.05, 0.1) is 23.9 Å². The standard InChI is InChI=1S/C14H19ClN2O4/c1-7(2)4-10(16)13(18)17-11-6-12(21-3)8(14(19)20)5-9(11)15/h5-7,10H,4,16H2,1-3H3,(H,17,18)(H,19,20)/t10-/m0/s1. The first kappa shape index (κ1) is 17.3. The van der Waals surface area contributed by atoms with Crippen LogP contribution < -0.4 is 15.8 Å². The van der Waals surface area contributed by atoms with E-state index >= 15 is 0 Å². The number of hydrogen-bond donors (Lipinski definition) is 3. The summed E-state index contributed by atoms with van der Waals surface area (Å²) in [5.74, 6) is -1.15. The van der Waals surface area contributed by atoms with Crippen molar-refractivity contribution in [1.82, 2.24) is 0 Å². The fourth-order valence-corrected chi connectivity index (χ4v) is 2.04. The van der Waals surface area contributed by atoms with Crippen LogP contribution in [0.2, 0.25) is 5.02 Å². The van der Waals surface area contributed by atoms with Crippen LogP contribution in [0.4, 0.5) is 5.69 Å². The lowest BCUT2D eigenvalue weighted by Gasteiger charge is -2.16. The average Bonchev–Trinajstić information content (AvgIpc) is 2.39. The molecule has 21 heavy (non-hydrogen) atoms. The van der Waals surface area contributed by atoms with Crippen LogP contribution in [0.1, 0.15) is 30.6 Å². The number of carbonyl (C=O) groups excluding carboxylic acids is 1. The fourth-order valence-electron chi connectivity index (χ4n) is 1.83. The molecular weight excluding hydrogens is 296 g/mol. The van der Waals surface area contributed by atoms with Crippen LogP contribution in [0.5, 0.6) is 5.75 Å². The Kier molecular flexibility index (Phi) is 5.99. The van der Waals surface area contributed by atoms with Crippen molar-refractivity contribution in [2.45, 2.75) is 26.3 Å². The van der Waals surface area contributed by atoms with Crippen LogP contribution in [0.3, 0.4) is 0 Å². The largest absolute Gasteiger partial charge is 0.496 e. The molecule has 1 amide bonds. The minimum Gasteiger partial charge on any atom is -0.496 e. The SMILES string of the molecule is COc1cc(NC(=O)[C@@H](N)CC(C)C)c(Cl)cc1C(=O)O. The van der Waals surface area contributed by atoms with E-state index in [4.69, 9.17) is 27.2 Å². The Balaban J connectivity index is 2.99. The van der Waals surface area contributed by atoms with Gasteiger partial charge in [0.15, 0.2) is 0 Å². The highest BCUT2D eigenvalue weighted by molar-refractivity contribution is 6.34. The van der Waals surface area contributed by atoms with Gasteiger partial charge in [-0.3, -0.25) is 4.79 Å². The van der Waals surface area contributed by atoms with E-state index in [-0.39, 0.29) is 33.8 Å². The van der Waals surface area contributed by atoms with E-state index in [1.807, 2.05) is 13.8 Å². The Bertz CT molecular complexity index is 546. The van der Waals surface area contributed by atoms with Gasteiger partial charge in [-0.2, -0.15) is 0 Å². The number of carbonyl (C=O) groups is 2. The molecule has 0 aromatic heterocycles. The number of ether oxygens (including phenoxy) is 1. The molecule has 0 unspecified atom stereocenters. The first-order chi connectivity index (χ1) is 9.76. The quantitative estimate of drug-likeness (QED) is 0.748. The predicted octanol–water partition coefficient (Wildman–Crippen LogP) is 2.36. The van der Waals surface area contributed by atoms with Crippen molar-refractivity contribution >= 4 is 29.2 Å². The number of halogens is 1. The molecule has 0 radical (unpaired) electrons. The molecule has 0 aliphatic heterocycles. The third-order valence-corrected chi connectivity index (χ3v) is 3.15. The van der Waals surface area contributed by atoms with E-state index in [1.54, 1.807) is 0 Å². The molecule has 0 bridgehead atoms. The molecule has 0 aliphatic rings. The van der Waals surface area contributed by atoms with E-state index in [1.165, 1.54) is 19.2 Å². The van der Waals surface area contributed by atoms with Crippen molar-refractivity contribution in [3.05, 3.63) is 22.7 Å². The summed E-state index contributed by atoms with van der Waals surface area (Å²) in [7, 11) is 1.34. The maximum absolute atomic E-state index is 12.0. The molecule has 1 aromatic carbocycles. The second-order valence-electron chi connectivity index (χ2n) is 5.06. The number of anilines is 1. The molecule has 1 rings (SSSR count). The zero-order valence-electron chi connectivity index (χ0n) is 12.1. The summed E-state index contributed by atoms with van der Waals surface area (Å²) in [5.41, 5.74) is 5.97. The summed E-state index contributed by atoms with van der Waals surface area (Å²) >= 11 is 5.98. The Morgan fingerprint density at radius 3 is 2.52 bits per heavy atom. The van der Waals surface area contributed by atoms with E-state index in [9.17, 15) is 9.59 Å². The number of carboxylic acids is 1. The maximum atomic E-state index is 12.0. The minimum absolute atomic E-state index is 0.0769. The summed E-state index contributed by atoms with van der Waals surface area (Å²) in [6.07, 6.45) is 0.536. The Morgan fingerprint density at radius 2 is 2.05 bits per heavy atom. The number of nitrogens with two attached hydrogens (primary N) is 1. The number of amides is 1. The molecule has 0 spiro atoms. The van der Waals surface area contributed by atoms with Gasteiger partial charge < -0.3 is 20.9 Å². The number of hydrogen-bond acceptors (Lipinski definition) is 4. The van der Waals surface area contributed by atoms with Crippen LogP contribution in [0.25, 0.3) is 0 Å². The third kappa shape index (κ3) is 4.61. The van der Waals surface area contributed by atoms with Gasteiger partial charge in [-0.05, 0) is 18.4 Å². The van der Waals surface area contributed by atoms with Gasteiger partial charge in [0.2, 0.25) is 5.91 Å². The lowest BCUT2D eigenvalue weighted by atomic mass is 10.0. The Labute approximate surface area is 128 Å². The number of benzene rings is 1. The number of nitrogens with one attached hydrogen (secondary N) is 1. The normalized spacial score (nSPS) is 12.1. The van der Waals surface area contributed by atoms with Crippen LogP contribution in [0, 0.1) is 5.92 Å². The van der Waals surface area contributed by atoms with Gasteiger partial charge >= 0.3 is 5.97 Å². The van der Waals surface area contributed by atoms with Gasteiger partial charge in [-0.1, -0.05) is 25.4 Å². The molecule has 6 nitrogen and oxygen atoms in total. The van der Waals surface area contributed by atoms with Crippen molar-refractivity contribution in [3.8, 4) is 5.75 Å². The van der Waals surface area contributed by atoms with Crippen LogP contribution >= 0.6 is 11.6 Å². The molecule has 116 valence electrons. The second kappa shape index (κ2) is 7.28. The summed E-state index contributed by atoms with van der Waals surface area (Å²) < 4.78 is 4.99. The summed E-state index contributed by atoms with van der Waals surface area (Å²) in [6, 6.07) is 1.93. The van der Waals surface area contributed by atoms with Crippen molar-refractivity contribution < 1.29 is 19.4 Å². The maximum Gasteiger partial charge on any atom is 0.339 e. The van der Waals surface area contributed by atoms with E-state index in [2.05, 4.69) is 5.32 Å². The van der Waals surface area contributed by atoms with Gasteiger partial charge in [-0.25, -0.2) is 4.79 Å². The number of methoxy groups -OCH3 is 1. The molecule has 1 aromatic rings. The van der Waals surface area contributed by atoms with Crippen molar-refractivity contribution in [3.63, 3.8) is 0 Å². The van der Waals surface area contributed by atoms with Crippen LogP contribution in [-0.4, -0.2) is 30.1 Å². The van der Waals surface area contributed by atoms with Gasteiger partial charge in [0.1, 0.15) is 11.3 Å². The molecule has 7 heteroatoms. The molecule has 0 heterocycles. The molecular formula is C14H19ClN2O4. The van der Waals surface area contributed by atoms with Crippen LogP contribution in [0.15, 0.2) is 12.1 Å². The van der Waals surface area contributed by atoms with Gasteiger partial charge in [0, 0.05) is 6.07 Å². The summed E-state index contributed by atoms with van der Waals surface area (Å²) in [5, 5.41) is 11.7. The zero-order chi connectivity index (χ0) is 16.2. The summed E-state index contributed by atoms with van der Waals surface area (Å²) in [6.45, 7) is 3.93. The lowest BCUT2D eigenvalue weighted by molar-refractivity contribution is -0.117. The van der Waals surface area contributed by atoms with Crippen molar-refractivity contribution in [1.29, 1.82) is 0 Å². The number of rotatable bonds is 6. The fraction of sp³-hybridized carbons (Fsp3) is 0.429. The topological polar surface area (TPSA) is 102 Å². The van der Waals surface area contributed by atoms with Crippen molar-refractivity contribution in [2.24, 2.45) is 11.7 Å². The third-order valence-electron chi connectivity index (χ3n) is 2.84.